The Hall–Kier alpha value is -1.69. The van der Waals surface area contributed by atoms with Gasteiger partial charge in [0, 0.05) is 19.8 Å². The van der Waals surface area contributed by atoms with Gasteiger partial charge in [-0.05, 0) is 25.5 Å². The first-order chi connectivity index (χ1) is 8.81. The minimum atomic E-state index is 0.526. The molecule has 1 aliphatic carbocycles. The van der Waals surface area contributed by atoms with Crippen LogP contribution in [-0.4, -0.2) is 31.3 Å². The maximum absolute atomic E-state index is 4.32. The molecule has 96 valence electrons. The average Bonchev–Trinajstić information content (AvgIpc) is 3.00. The van der Waals surface area contributed by atoms with Crippen molar-refractivity contribution in [3.8, 4) is 11.4 Å². The molecule has 0 aliphatic heterocycles. The Labute approximate surface area is 106 Å². The Morgan fingerprint density at radius 3 is 2.89 bits per heavy atom. The first-order valence-electron chi connectivity index (χ1n) is 6.44. The van der Waals surface area contributed by atoms with Crippen LogP contribution in [0.4, 0.5) is 0 Å². The highest BCUT2D eigenvalue weighted by molar-refractivity contribution is 5.57. The van der Waals surface area contributed by atoms with Crippen molar-refractivity contribution in [2.75, 3.05) is 6.54 Å². The molecule has 0 unspecified atom stereocenters. The Morgan fingerprint density at radius 1 is 1.44 bits per heavy atom. The summed E-state index contributed by atoms with van der Waals surface area (Å²) in [4.78, 5) is 0. The molecule has 2 aromatic heterocycles. The lowest BCUT2D eigenvalue weighted by molar-refractivity contribution is 0.611. The molecule has 1 fully saturated rings. The maximum Gasteiger partial charge on any atom is 0.111 e. The quantitative estimate of drug-likeness (QED) is 0.859. The van der Waals surface area contributed by atoms with Gasteiger partial charge in [0.2, 0.25) is 0 Å². The van der Waals surface area contributed by atoms with Crippen molar-refractivity contribution in [2.45, 2.75) is 32.4 Å². The number of rotatable bonds is 5. The van der Waals surface area contributed by atoms with E-state index in [0.717, 1.165) is 30.2 Å². The van der Waals surface area contributed by atoms with Gasteiger partial charge in [0.05, 0.1) is 11.7 Å². The van der Waals surface area contributed by atoms with Gasteiger partial charge < -0.3 is 5.32 Å². The van der Waals surface area contributed by atoms with Crippen molar-refractivity contribution in [3.63, 3.8) is 0 Å². The van der Waals surface area contributed by atoms with Gasteiger partial charge in [0.1, 0.15) is 11.4 Å². The van der Waals surface area contributed by atoms with Crippen LogP contribution < -0.4 is 5.32 Å². The first-order valence-corrected chi connectivity index (χ1v) is 6.44. The topological polar surface area (TPSA) is 60.6 Å². The number of hydrogen-bond donors (Lipinski definition) is 1. The third kappa shape index (κ3) is 1.92. The van der Waals surface area contributed by atoms with Gasteiger partial charge in [0.15, 0.2) is 0 Å². The van der Waals surface area contributed by atoms with Gasteiger partial charge in [-0.3, -0.25) is 4.68 Å². The Balaban J connectivity index is 2.03. The van der Waals surface area contributed by atoms with Crippen LogP contribution in [0.1, 0.15) is 31.5 Å². The van der Waals surface area contributed by atoms with Crippen LogP contribution in [0.25, 0.3) is 11.4 Å². The number of nitrogens with zero attached hydrogens (tertiary/aromatic N) is 5. The number of hydrogen-bond acceptors (Lipinski definition) is 4. The maximum atomic E-state index is 4.32. The summed E-state index contributed by atoms with van der Waals surface area (Å²) in [5.74, 6) is 0. The fraction of sp³-hybridized carbons (Fsp3) is 0.583. The van der Waals surface area contributed by atoms with Crippen molar-refractivity contribution in [3.05, 3.63) is 18.0 Å². The van der Waals surface area contributed by atoms with Crippen LogP contribution in [0.15, 0.2) is 12.3 Å². The van der Waals surface area contributed by atoms with Crippen LogP contribution >= 0.6 is 0 Å². The largest absolute Gasteiger partial charge is 0.311 e. The van der Waals surface area contributed by atoms with Gasteiger partial charge in [-0.15, -0.1) is 5.10 Å². The van der Waals surface area contributed by atoms with Crippen molar-refractivity contribution < 1.29 is 0 Å². The fourth-order valence-electron chi connectivity index (χ4n) is 2.14. The molecule has 0 spiro atoms. The zero-order chi connectivity index (χ0) is 12.5. The van der Waals surface area contributed by atoms with Gasteiger partial charge >= 0.3 is 0 Å². The highest BCUT2D eigenvalue weighted by Gasteiger charge is 2.30. The molecule has 2 aromatic rings. The normalized spacial score (nSPS) is 15.2. The summed E-state index contributed by atoms with van der Waals surface area (Å²) in [6.45, 7) is 3.78. The minimum absolute atomic E-state index is 0.526. The summed E-state index contributed by atoms with van der Waals surface area (Å²) < 4.78 is 3.94. The third-order valence-corrected chi connectivity index (χ3v) is 3.26. The monoisotopic (exact) mass is 246 g/mol. The molecule has 0 bridgehead atoms. The van der Waals surface area contributed by atoms with Gasteiger partial charge in [-0.25, -0.2) is 4.68 Å². The van der Waals surface area contributed by atoms with Gasteiger partial charge in [-0.2, -0.15) is 5.10 Å². The van der Waals surface area contributed by atoms with E-state index in [1.165, 1.54) is 12.8 Å². The summed E-state index contributed by atoms with van der Waals surface area (Å²) in [5.41, 5.74) is 3.20. The molecule has 0 atom stereocenters. The molecule has 1 aliphatic rings. The summed E-state index contributed by atoms with van der Waals surface area (Å²) in [7, 11) is 1.95. The van der Waals surface area contributed by atoms with Crippen molar-refractivity contribution >= 4 is 0 Å². The highest BCUT2D eigenvalue weighted by atomic mass is 15.5. The summed E-state index contributed by atoms with van der Waals surface area (Å²) in [6.07, 6.45) is 4.22. The Kier molecular flexibility index (Phi) is 2.87. The van der Waals surface area contributed by atoms with E-state index >= 15 is 0 Å². The molecule has 1 N–H and O–H groups in total. The first kappa shape index (κ1) is 11.4. The van der Waals surface area contributed by atoms with Crippen molar-refractivity contribution in [1.29, 1.82) is 0 Å². The van der Waals surface area contributed by atoms with E-state index in [1.807, 2.05) is 24.0 Å². The average molecular weight is 246 g/mol. The molecule has 0 radical (unpaired) electrons. The van der Waals surface area contributed by atoms with E-state index in [2.05, 4.69) is 32.3 Å². The molecule has 0 aromatic carbocycles. The van der Waals surface area contributed by atoms with Crippen molar-refractivity contribution in [1.82, 2.24) is 30.1 Å². The molecule has 6 heteroatoms. The summed E-state index contributed by atoms with van der Waals surface area (Å²) in [5, 5.41) is 16.2. The lowest BCUT2D eigenvalue weighted by atomic mass is 10.2. The van der Waals surface area contributed by atoms with Crippen LogP contribution in [0.2, 0.25) is 0 Å². The van der Waals surface area contributed by atoms with Crippen molar-refractivity contribution in [2.24, 2.45) is 7.05 Å². The lowest BCUT2D eigenvalue weighted by Gasteiger charge is -2.07. The Morgan fingerprint density at radius 2 is 2.28 bits per heavy atom. The summed E-state index contributed by atoms with van der Waals surface area (Å²) >= 11 is 0. The molecule has 0 amide bonds. The zero-order valence-corrected chi connectivity index (χ0v) is 10.8. The SMILES string of the molecule is CCNCc1nnn(C2CC2)c1-c1ccnn1C. The molecule has 1 saturated carbocycles. The lowest BCUT2D eigenvalue weighted by Crippen LogP contribution is -2.13. The second-order valence-corrected chi connectivity index (χ2v) is 4.68. The molecule has 3 rings (SSSR count). The standard InChI is InChI=1S/C12H18N6/c1-3-13-8-10-12(11-6-7-14-17(11)2)18(16-15-10)9-4-5-9/h6-7,9,13H,3-5,8H2,1-2H3. The molecule has 0 saturated heterocycles. The summed E-state index contributed by atoms with van der Waals surface area (Å²) in [6, 6.07) is 2.55. The van der Waals surface area contributed by atoms with Crippen LogP contribution in [-0.2, 0) is 13.6 Å². The second kappa shape index (κ2) is 4.53. The van der Waals surface area contributed by atoms with Crippen LogP contribution in [0.3, 0.4) is 0 Å². The fourth-order valence-corrected chi connectivity index (χ4v) is 2.14. The van der Waals surface area contributed by atoms with Crippen LogP contribution in [0, 0.1) is 0 Å². The smallest absolute Gasteiger partial charge is 0.111 e. The Bertz CT molecular complexity index is 537. The van der Waals surface area contributed by atoms with Gasteiger partial charge in [-0.1, -0.05) is 12.1 Å². The van der Waals surface area contributed by atoms with Gasteiger partial charge in [0.25, 0.3) is 0 Å². The van der Waals surface area contributed by atoms with E-state index in [0.29, 0.717) is 6.04 Å². The number of aromatic nitrogens is 5. The zero-order valence-electron chi connectivity index (χ0n) is 10.8. The molecule has 2 heterocycles. The number of nitrogens with one attached hydrogen (secondary N) is 1. The number of aryl methyl sites for hydroxylation is 1. The van der Waals surface area contributed by atoms with E-state index < -0.39 is 0 Å². The van der Waals surface area contributed by atoms with E-state index in [4.69, 9.17) is 0 Å². The van der Waals surface area contributed by atoms with E-state index in [9.17, 15) is 0 Å². The van der Waals surface area contributed by atoms with Crippen LogP contribution in [0.5, 0.6) is 0 Å². The second-order valence-electron chi connectivity index (χ2n) is 4.68. The molecule has 18 heavy (non-hydrogen) atoms. The molecule has 6 nitrogen and oxygen atoms in total. The predicted octanol–water partition coefficient (Wildman–Crippen LogP) is 1.12. The molecular weight excluding hydrogens is 228 g/mol. The highest BCUT2D eigenvalue weighted by Crippen LogP contribution is 2.38. The third-order valence-electron chi connectivity index (χ3n) is 3.26. The van der Waals surface area contributed by atoms with E-state index in [-0.39, 0.29) is 0 Å². The predicted molar refractivity (Wildman–Crippen MR) is 67.9 cm³/mol. The van der Waals surface area contributed by atoms with E-state index in [1.54, 1.807) is 0 Å². The molecular formula is C12H18N6. The minimum Gasteiger partial charge on any atom is -0.311 e.